The smallest absolute Gasteiger partial charge is 0.0298 e. The fourth-order valence-electron chi connectivity index (χ4n) is 1.79. The molecule has 2 N–H and O–H groups in total. The number of nitrogens with two attached hydrogens (primary N) is 1. The lowest BCUT2D eigenvalue weighted by molar-refractivity contribution is 0.704. The molecule has 14 heavy (non-hydrogen) atoms. The summed E-state index contributed by atoms with van der Waals surface area (Å²) in [5.74, 6) is 0. The molecule has 0 aromatic heterocycles. The lowest BCUT2D eigenvalue weighted by Gasteiger charge is -2.12. The van der Waals surface area contributed by atoms with E-state index < -0.39 is 0 Å². The molecule has 2 rings (SSSR count). The standard InChI is InChI=1S/C13H15N/c1-2-13(14)12-9-5-7-10-6-3-4-8-11(10)12/h3-9,13H,2,14H2,1H3/t13-/m1/s1. The number of hydrogen-bond acceptors (Lipinski definition) is 1. The van der Waals surface area contributed by atoms with Gasteiger partial charge >= 0.3 is 0 Å². The quantitative estimate of drug-likeness (QED) is 0.763. The van der Waals surface area contributed by atoms with Crippen molar-refractivity contribution in [3.63, 3.8) is 0 Å². The molecule has 0 aliphatic carbocycles. The zero-order valence-corrected chi connectivity index (χ0v) is 8.40. The molecule has 0 heterocycles. The first-order valence-electron chi connectivity index (χ1n) is 5.06. The van der Waals surface area contributed by atoms with E-state index >= 15 is 0 Å². The van der Waals surface area contributed by atoms with E-state index in [0.29, 0.717) is 0 Å². The van der Waals surface area contributed by atoms with Crippen molar-refractivity contribution in [3.8, 4) is 0 Å². The van der Waals surface area contributed by atoms with E-state index in [1.165, 1.54) is 16.3 Å². The van der Waals surface area contributed by atoms with Gasteiger partial charge in [0.05, 0.1) is 0 Å². The van der Waals surface area contributed by atoms with Gasteiger partial charge in [0.25, 0.3) is 0 Å². The van der Waals surface area contributed by atoms with Crippen LogP contribution in [0.15, 0.2) is 42.5 Å². The Hall–Kier alpha value is -1.34. The van der Waals surface area contributed by atoms with Crippen molar-refractivity contribution in [1.82, 2.24) is 0 Å². The van der Waals surface area contributed by atoms with Crippen LogP contribution in [-0.2, 0) is 0 Å². The fraction of sp³-hybridized carbons (Fsp3) is 0.231. The molecule has 0 radical (unpaired) electrons. The zero-order chi connectivity index (χ0) is 9.97. The molecule has 0 unspecified atom stereocenters. The fourth-order valence-corrected chi connectivity index (χ4v) is 1.79. The van der Waals surface area contributed by atoms with E-state index in [1.54, 1.807) is 0 Å². The molecule has 0 aliphatic rings. The topological polar surface area (TPSA) is 26.0 Å². The molecule has 0 saturated carbocycles. The van der Waals surface area contributed by atoms with Crippen molar-refractivity contribution in [2.75, 3.05) is 0 Å². The largest absolute Gasteiger partial charge is 0.324 e. The molecule has 72 valence electrons. The Kier molecular flexibility index (Phi) is 2.51. The van der Waals surface area contributed by atoms with Crippen LogP contribution in [0.1, 0.15) is 24.9 Å². The van der Waals surface area contributed by atoms with Crippen LogP contribution in [-0.4, -0.2) is 0 Å². The minimum absolute atomic E-state index is 0.154. The summed E-state index contributed by atoms with van der Waals surface area (Å²) in [6.07, 6.45) is 0.980. The van der Waals surface area contributed by atoms with Crippen LogP contribution in [0, 0.1) is 0 Å². The average molecular weight is 185 g/mol. The number of hydrogen-bond donors (Lipinski definition) is 1. The van der Waals surface area contributed by atoms with E-state index in [9.17, 15) is 0 Å². The Morgan fingerprint density at radius 1 is 1.07 bits per heavy atom. The highest BCUT2D eigenvalue weighted by molar-refractivity contribution is 5.86. The van der Waals surface area contributed by atoms with Gasteiger partial charge in [0.1, 0.15) is 0 Å². The first-order chi connectivity index (χ1) is 6.83. The molecule has 0 saturated heterocycles. The third kappa shape index (κ3) is 1.51. The highest BCUT2D eigenvalue weighted by Gasteiger charge is 2.06. The summed E-state index contributed by atoms with van der Waals surface area (Å²) in [7, 11) is 0. The van der Waals surface area contributed by atoms with E-state index in [0.717, 1.165) is 6.42 Å². The summed E-state index contributed by atoms with van der Waals surface area (Å²) in [6.45, 7) is 2.12. The molecule has 1 nitrogen and oxygen atoms in total. The second-order valence-electron chi connectivity index (χ2n) is 3.58. The molecule has 0 spiro atoms. The molecule has 0 amide bonds. The van der Waals surface area contributed by atoms with Gasteiger partial charge in [0, 0.05) is 6.04 Å². The van der Waals surface area contributed by atoms with Crippen molar-refractivity contribution in [3.05, 3.63) is 48.0 Å². The van der Waals surface area contributed by atoms with Gasteiger partial charge in [-0.05, 0) is 22.8 Å². The molecular weight excluding hydrogens is 170 g/mol. The Balaban J connectivity index is 2.65. The van der Waals surface area contributed by atoms with Gasteiger partial charge < -0.3 is 5.73 Å². The molecule has 1 atom stereocenters. The average Bonchev–Trinajstić information content (AvgIpc) is 2.27. The Bertz CT molecular complexity index is 429. The number of fused-ring (bicyclic) bond motifs is 1. The summed E-state index contributed by atoms with van der Waals surface area (Å²) >= 11 is 0. The molecular formula is C13H15N. The summed E-state index contributed by atoms with van der Waals surface area (Å²) in [5.41, 5.74) is 7.32. The Morgan fingerprint density at radius 3 is 2.57 bits per heavy atom. The Labute approximate surface area is 84.5 Å². The first-order valence-corrected chi connectivity index (χ1v) is 5.06. The van der Waals surface area contributed by atoms with Gasteiger partial charge in [-0.3, -0.25) is 0 Å². The maximum Gasteiger partial charge on any atom is 0.0298 e. The maximum absolute atomic E-state index is 6.06. The SMILES string of the molecule is CC[C@@H](N)c1cccc2ccccc12. The van der Waals surface area contributed by atoms with Gasteiger partial charge in [0.2, 0.25) is 0 Å². The van der Waals surface area contributed by atoms with Crippen LogP contribution in [0.5, 0.6) is 0 Å². The molecule has 2 aromatic rings. The van der Waals surface area contributed by atoms with Crippen LogP contribution >= 0.6 is 0 Å². The second-order valence-corrected chi connectivity index (χ2v) is 3.58. The number of benzene rings is 2. The third-order valence-corrected chi connectivity index (χ3v) is 2.66. The van der Waals surface area contributed by atoms with Crippen molar-refractivity contribution in [2.24, 2.45) is 5.73 Å². The van der Waals surface area contributed by atoms with Gasteiger partial charge in [-0.1, -0.05) is 49.4 Å². The summed E-state index contributed by atoms with van der Waals surface area (Å²) in [4.78, 5) is 0. The molecule has 0 aliphatic heterocycles. The van der Waals surface area contributed by atoms with Gasteiger partial charge in [-0.15, -0.1) is 0 Å². The minimum atomic E-state index is 0.154. The molecule has 1 heteroatoms. The zero-order valence-electron chi connectivity index (χ0n) is 8.40. The van der Waals surface area contributed by atoms with E-state index in [4.69, 9.17) is 5.73 Å². The molecule has 0 fully saturated rings. The minimum Gasteiger partial charge on any atom is -0.324 e. The lowest BCUT2D eigenvalue weighted by atomic mass is 9.98. The third-order valence-electron chi connectivity index (χ3n) is 2.66. The highest BCUT2D eigenvalue weighted by Crippen LogP contribution is 2.24. The Morgan fingerprint density at radius 2 is 1.79 bits per heavy atom. The summed E-state index contributed by atoms with van der Waals surface area (Å²) in [6, 6.07) is 14.9. The van der Waals surface area contributed by atoms with Crippen LogP contribution in [0.4, 0.5) is 0 Å². The predicted molar refractivity (Wildman–Crippen MR) is 61.2 cm³/mol. The van der Waals surface area contributed by atoms with E-state index in [-0.39, 0.29) is 6.04 Å². The second kappa shape index (κ2) is 3.81. The van der Waals surface area contributed by atoms with E-state index in [1.807, 2.05) is 0 Å². The van der Waals surface area contributed by atoms with Crippen LogP contribution < -0.4 is 5.73 Å². The molecule has 0 bridgehead atoms. The van der Waals surface area contributed by atoms with Crippen molar-refractivity contribution in [2.45, 2.75) is 19.4 Å². The predicted octanol–water partition coefficient (Wildman–Crippen LogP) is 3.25. The van der Waals surface area contributed by atoms with Crippen LogP contribution in [0.2, 0.25) is 0 Å². The molecule has 2 aromatic carbocycles. The van der Waals surface area contributed by atoms with Crippen LogP contribution in [0.25, 0.3) is 10.8 Å². The van der Waals surface area contributed by atoms with Gasteiger partial charge in [-0.25, -0.2) is 0 Å². The summed E-state index contributed by atoms with van der Waals surface area (Å²) in [5, 5.41) is 2.55. The van der Waals surface area contributed by atoms with Gasteiger partial charge in [0.15, 0.2) is 0 Å². The van der Waals surface area contributed by atoms with Crippen molar-refractivity contribution in [1.29, 1.82) is 0 Å². The normalized spacial score (nSPS) is 13.0. The van der Waals surface area contributed by atoms with E-state index in [2.05, 4.69) is 49.4 Å². The lowest BCUT2D eigenvalue weighted by Crippen LogP contribution is -2.08. The van der Waals surface area contributed by atoms with Crippen molar-refractivity contribution >= 4 is 10.8 Å². The van der Waals surface area contributed by atoms with Crippen molar-refractivity contribution < 1.29 is 0 Å². The maximum atomic E-state index is 6.06. The number of rotatable bonds is 2. The van der Waals surface area contributed by atoms with Gasteiger partial charge in [-0.2, -0.15) is 0 Å². The first kappa shape index (κ1) is 9.22. The monoisotopic (exact) mass is 185 g/mol. The summed E-state index contributed by atoms with van der Waals surface area (Å²) < 4.78 is 0. The van der Waals surface area contributed by atoms with Crippen LogP contribution in [0.3, 0.4) is 0 Å². The highest BCUT2D eigenvalue weighted by atomic mass is 14.6.